The van der Waals surface area contributed by atoms with E-state index in [-0.39, 0.29) is 0 Å². The zero-order chi connectivity index (χ0) is 24.1. The molecule has 0 fully saturated rings. The lowest BCUT2D eigenvalue weighted by Crippen LogP contribution is -2.02. The first-order valence-electron chi connectivity index (χ1n) is 10.9. The largest absolute Gasteiger partial charge is 0.497 e. The Balaban J connectivity index is 0.00000133. The summed E-state index contributed by atoms with van der Waals surface area (Å²) in [6, 6.07) is 19.2. The van der Waals surface area contributed by atoms with Crippen LogP contribution in [0.1, 0.15) is 19.4 Å². The molecular weight excluding hydrogens is 448 g/mol. The molecule has 0 bridgehead atoms. The fourth-order valence-electron chi connectivity index (χ4n) is 3.54. The van der Waals surface area contributed by atoms with E-state index in [1.165, 1.54) is 0 Å². The molecule has 0 radical (unpaired) electrons. The van der Waals surface area contributed by atoms with Crippen molar-refractivity contribution >= 4 is 28.6 Å². The smallest absolute Gasteiger partial charge is 0.165 e. The normalized spacial score (nSPS) is 10.6. The van der Waals surface area contributed by atoms with Crippen LogP contribution >= 0.6 is 11.6 Å². The van der Waals surface area contributed by atoms with Crippen LogP contribution in [0.3, 0.4) is 0 Å². The van der Waals surface area contributed by atoms with E-state index in [1.807, 2.05) is 73.0 Å². The summed E-state index contributed by atoms with van der Waals surface area (Å²) in [5.74, 6) is 2.21. The molecule has 0 aliphatic carbocycles. The van der Waals surface area contributed by atoms with E-state index in [2.05, 4.69) is 9.97 Å². The van der Waals surface area contributed by atoms with Gasteiger partial charge in [-0.25, -0.2) is 15.0 Å². The van der Waals surface area contributed by atoms with Crippen molar-refractivity contribution in [3.63, 3.8) is 0 Å². The number of methoxy groups -OCH3 is 1. The summed E-state index contributed by atoms with van der Waals surface area (Å²) in [7, 11) is 1.62. The molecule has 7 nitrogen and oxygen atoms in total. The van der Waals surface area contributed by atoms with Gasteiger partial charge in [-0.2, -0.15) is 0 Å². The number of halogens is 1. The molecule has 8 heteroatoms. The first kappa shape index (κ1) is 23.2. The maximum Gasteiger partial charge on any atom is 0.165 e. The van der Waals surface area contributed by atoms with Crippen molar-refractivity contribution in [3.05, 3.63) is 78.6 Å². The van der Waals surface area contributed by atoms with Crippen molar-refractivity contribution in [2.45, 2.75) is 19.7 Å². The van der Waals surface area contributed by atoms with Crippen molar-refractivity contribution in [1.29, 1.82) is 0 Å². The minimum Gasteiger partial charge on any atom is -0.497 e. The second-order valence-electron chi connectivity index (χ2n) is 7.13. The molecule has 0 unspecified atom stereocenters. The highest BCUT2D eigenvalue weighted by molar-refractivity contribution is 6.17. The molecule has 0 saturated heterocycles. The van der Waals surface area contributed by atoms with Gasteiger partial charge in [-0.1, -0.05) is 26.0 Å². The number of imidazole rings is 1. The quantitative estimate of drug-likeness (QED) is 0.320. The Bertz CT molecular complexity index is 1420. The van der Waals surface area contributed by atoms with Gasteiger partial charge < -0.3 is 10.5 Å². The Labute approximate surface area is 203 Å². The molecule has 0 spiro atoms. The van der Waals surface area contributed by atoms with Crippen molar-refractivity contribution in [2.75, 3.05) is 12.8 Å². The van der Waals surface area contributed by atoms with Gasteiger partial charge in [-0.05, 0) is 48.0 Å². The van der Waals surface area contributed by atoms with Crippen LogP contribution in [0.25, 0.3) is 39.6 Å². The minimum absolute atomic E-state index is 0.399. The third-order valence-electron chi connectivity index (χ3n) is 5.16. The average Bonchev–Trinajstić information content (AvgIpc) is 3.28. The molecule has 0 aliphatic rings. The summed E-state index contributed by atoms with van der Waals surface area (Å²) < 4.78 is 7.31. The second kappa shape index (κ2) is 10.3. The minimum atomic E-state index is 0.399. The summed E-state index contributed by atoms with van der Waals surface area (Å²) in [5.41, 5.74) is 11.7. The predicted octanol–water partition coefficient (Wildman–Crippen LogP) is 5.90. The van der Waals surface area contributed by atoms with Gasteiger partial charge >= 0.3 is 0 Å². The predicted molar refractivity (Wildman–Crippen MR) is 137 cm³/mol. The highest BCUT2D eigenvalue weighted by Crippen LogP contribution is 2.32. The molecule has 2 N–H and O–H groups in total. The zero-order valence-electron chi connectivity index (χ0n) is 19.2. The van der Waals surface area contributed by atoms with Crippen LogP contribution in [0.4, 0.5) is 5.82 Å². The van der Waals surface area contributed by atoms with E-state index in [0.29, 0.717) is 40.3 Å². The number of pyridine rings is 3. The van der Waals surface area contributed by atoms with Gasteiger partial charge in [0.25, 0.3) is 0 Å². The molecule has 34 heavy (non-hydrogen) atoms. The summed E-state index contributed by atoms with van der Waals surface area (Å²) in [6.07, 6.45) is 3.36. The molecule has 4 heterocycles. The molecular formula is C26H25ClN6O. The number of nitrogens with two attached hydrogens (primary N) is 1. The lowest BCUT2D eigenvalue weighted by atomic mass is 10.2. The third-order valence-corrected chi connectivity index (χ3v) is 5.47. The Morgan fingerprint density at radius 1 is 0.912 bits per heavy atom. The summed E-state index contributed by atoms with van der Waals surface area (Å²) in [6.45, 7) is 4.00. The van der Waals surface area contributed by atoms with Gasteiger partial charge in [0, 0.05) is 30.0 Å². The number of anilines is 1. The van der Waals surface area contributed by atoms with Crippen LogP contribution < -0.4 is 10.5 Å². The van der Waals surface area contributed by atoms with Crippen LogP contribution in [0.2, 0.25) is 0 Å². The molecule has 0 saturated carbocycles. The highest BCUT2D eigenvalue weighted by atomic mass is 35.5. The van der Waals surface area contributed by atoms with Crippen molar-refractivity contribution < 1.29 is 4.74 Å². The summed E-state index contributed by atoms with van der Waals surface area (Å²) in [4.78, 5) is 18.4. The first-order chi connectivity index (χ1) is 16.7. The molecule has 1 aromatic carbocycles. The second-order valence-corrected chi connectivity index (χ2v) is 7.39. The third kappa shape index (κ3) is 4.43. The van der Waals surface area contributed by atoms with E-state index >= 15 is 0 Å². The van der Waals surface area contributed by atoms with Gasteiger partial charge in [0.15, 0.2) is 11.5 Å². The maximum absolute atomic E-state index is 6.19. The molecule has 0 amide bonds. The Kier molecular flexibility index (Phi) is 7.04. The van der Waals surface area contributed by atoms with Gasteiger partial charge in [0.1, 0.15) is 17.1 Å². The van der Waals surface area contributed by atoms with Crippen molar-refractivity contribution in [2.24, 2.45) is 0 Å². The van der Waals surface area contributed by atoms with E-state index in [4.69, 9.17) is 32.0 Å². The monoisotopic (exact) mass is 472 g/mol. The molecule has 0 atom stereocenters. The number of aromatic nitrogens is 5. The van der Waals surface area contributed by atoms with Gasteiger partial charge in [-0.15, -0.1) is 11.6 Å². The number of ether oxygens (including phenoxy) is 1. The topological polar surface area (TPSA) is 91.7 Å². The SMILES string of the molecule is CC.COc1ccnc(-c2ccc3nc(-c4cccnc4N)n(-c4ccc(CCl)cc4)c3n2)c1. The number of alkyl halides is 1. The molecule has 172 valence electrons. The van der Waals surface area contributed by atoms with E-state index in [9.17, 15) is 0 Å². The Hall–Kier alpha value is -3.97. The molecule has 0 aliphatic heterocycles. The number of hydrogen-bond donors (Lipinski definition) is 1. The zero-order valence-corrected chi connectivity index (χ0v) is 20.0. The van der Waals surface area contributed by atoms with Crippen molar-refractivity contribution in [3.8, 4) is 34.2 Å². The summed E-state index contributed by atoms with van der Waals surface area (Å²) >= 11 is 5.99. The lowest BCUT2D eigenvalue weighted by Gasteiger charge is -2.11. The average molecular weight is 473 g/mol. The molecule has 5 rings (SSSR count). The maximum atomic E-state index is 6.19. The van der Waals surface area contributed by atoms with Gasteiger partial charge in [0.2, 0.25) is 0 Å². The van der Waals surface area contributed by atoms with Crippen LogP contribution in [0.5, 0.6) is 5.75 Å². The van der Waals surface area contributed by atoms with E-state index in [0.717, 1.165) is 22.3 Å². The number of fused-ring (bicyclic) bond motifs is 1. The fraction of sp³-hybridized carbons (Fsp3) is 0.154. The Morgan fingerprint density at radius 3 is 2.41 bits per heavy atom. The highest BCUT2D eigenvalue weighted by Gasteiger charge is 2.19. The van der Waals surface area contributed by atoms with Crippen LogP contribution in [-0.2, 0) is 5.88 Å². The standard InChI is InChI=1S/C24H19ClN6O.C2H6/c1-32-17-10-12-27-21(13-17)19-8-9-20-24(29-19)31(16-6-4-15(14-25)5-7-16)23(30-20)18-3-2-11-28-22(18)26;1-2/h2-13H,14H2,1H3,(H2,26,28);1-2H3. The lowest BCUT2D eigenvalue weighted by molar-refractivity contribution is 0.414. The van der Waals surface area contributed by atoms with Crippen molar-refractivity contribution in [1.82, 2.24) is 24.5 Å². The van der Waals surface area contributed by atoms with Crippen LogP contribution in [-0.4, -0.2) is 31.6 Å². The van der Waals surface area contributed by atoms with Gasteiger partial charge in [-0.3, -0.25) is 9.55 Å². The summed E-state index contributed by atoms with van der Waals surface area (Å²) in [5, 5.41) is 0. The fourth-order valence-corrected chi connectivity index (χ4v) is 3.72. The van der Waals surface area contributed by atoms with E-state index in [1.54, 1.807) is 25.6 Å². The van der Waals surface area contributed by atoms with Crippen LogP contribution in [0, 0.1) is 0 Å². The van der Waals surface area contributed by atoms with Crippen LogP contribution in [0.15, 0.2) is 73.1 Å². The number of rotatable bonds is 5. The number of hydrogen-bond acceptors (Lipinski definition) is 6. The molecule has 4 aromatic heterocycles. The number of nitrogens with zero attached hydrogens (tertiary/aromatic N) is 5. The number of nitrogen functional groups attached to an aromatic ring is 1. The Morgan fingerprint density at radius 2 is 1.71 bits per heavy atom. The first-order valence-corrected chi connectivity index (χ1v) is 11.5. The molecule has 5 aromatic rings. The van der Waals surface area contributed by atoms with E-state index < -0.39 is 0 Å². The number of benzene rings is 1. The van der Waals surface area contributed by atoms with Gasteiger partial charge in [0.05, 0.1) is 24.1 Å².